The van der Waals surface area contributed by atoms with Gasteiger partial charge < -0.3 is 33.8 Å². The van der Waals surface area contributed by atoms with Gasteiger partial charge in [0.1, 0.15) is 19.3 Å². The Morgan fingerprint density at radius 1 is 0.284 bits per heavy atom. The second-order valence-corrected chi connectivity index (χ2v) is 28.4. The van der Waals surface area contributed by atoms with Crippen LogP contribution in [0.25, 0.3) is 0 Å². The lowest BCUT2D eigenvalue weighted by Gasteiger charge is -2.21. The van der Waals surface area contributed by atoms with Crippen molar-refractivity contribution in [3.63, 3.8) is 0 Å². The minimum Gasteiger partial charge on any atom is -0.462 e. The molecule has 19 heteroatoms. The highest BCUT2D eigenvalue weighted by Crippen LogP contribution is 2.45. The molecule has 0 saturated carbocycles. The molecule has 17 nitrogen and oxygen atoms in total. The standard InChI is InChI=1S/C83H138O17P2/c1-5-9-13-17-21-25-29-33-35-37-38-40-42-46-48-52-56-60-64-68-81(86)94-74-79(100-83(88)70-66-62-58-54-50-44-32-28-24-20-16-12-8-4)76-98-102(91,92)96-72-77(84)71-95-101(89,90)97-75-78(99-82(87)69-65-61-57-53-49-43-31-27-23-19-15-11-7-3)73-93-80(85)67-63-59-55-51-47-45-41-39-36-34-30-26-22-18-14-10-6-2/h9-10,13-14,16,20-22,25-26,28,32-36,38,40-41,45-46,48,56,60,77-79,84H,5-8,11-12,15,17-19,23-24,27,29-31,37,39,42-44,47,49-55,57-59,61-76H2,1-4H3,(H,89,90)(H,91,92)/b13-9-,14-10-,20-16-,25-21-,26-22-,32-28-,35-33-,36-34-,40-38-,45-41-,48-46-,60-56-. The van der Waals surface area contributed by atoms with Crippen LogP contribution in [0.15, 0.2) is 146 Å². The molecule has 0 aromatic rings. The fourth-order valence-corrected chi connectivity index (χ4v) is 11.5. The molecule has 0 fully saturated rings. The number of rotatable bonds is 72. The molecular weight excluding hydrogens is 1330 g/mol. The van der Waals surface area contributed by atoms with E-state index >= 15 is 0 Å². The van der Waals surface area contributed by atoms with Crippen LogP contribution in [0.4, 0.5) is 0 Å². The number of ether oxygens (including phenoxy) is 4. The van der Waals surface area contributed by atoms with Crippen molar-refractivity contribution in [3.05, 3.63) is 146 Å². The van der Waals surface area contributed by atoms with Gasteiger partial charge in [0, 0.05) is 25.7 Å². The normalized spacial score (nSPS) is 14.7. The second-order valence-electron chi connectivity index (χ2n) is 25.5. The van der Waals surface area contributed by atoms with Crippen molar-refractivity contribution < 1.29 is 80.2 Å². The third-order valence-corrected chi connectivity index (χ3v) is 17.7. The molecule has 0 aliphatic carbocycles. The average molecular weight is 1470 g/mol. The summed E-state index contributed by atoms with van der Waals surface area (Å²) in [6.07, 6.45) is 84.2. The highest BCUT2D eigenvalue weighted by Gasteiger charge is 2.30. The minimum atomic E-state index is -5.00. The Kier molecular flexibility index (Phi) is 70.5. The maximum Gasteiger partial charge on any atom is 0.472 e. The third kappa shape index (κ3) is 73.3. The number of hydrogen-bond donors (Lipinski definition) is 3. The van der Waals surface area contributed by atoms with Crippen LogP contribution in [-0.4, -0.2) is 96.7 Å². The van der Waals surface area contributed by atoms with E-state index in [9.17, 15) is 43.2 Å². The Labute approximate surface area is 617 Å². The Morgan fingerprint density at radius 2 is 0.549 bits per heavy atom. The number of phosphoric ester groups is 2. The summed E-state index contributed by atoms with van der Waals surface area (Å²) in [4.78, 5) is 72.9. The smallest absolute Gasteiger partial charge is 0.462 e. The van der Waals surface area contributed by atoms with Crippen molar-refractivity contribution >= 4 is 39.5 Å². The van der Waals surface area contributed by atoms with E-state index in [1.165, 1.54) is 51.4 Å². The molecule has 3 N–H and O–H groups in total. The van der Waals surface area contributed by atoms with Crippen LogP contribution in [0.1, 0.15) is 297 Å². The van der Waals surface area contributed by atoms with E-state index in [0.29, 0.717) is 32.1 Å². The molecule has 102 heavy (non-hydrogen) atoms. The number of carbonyl (C=O) groups is 4. The van der Waals surface area contributed by atoms with Crippen molar-refractivity contribution in [3.8, 4) is 0 Å². The van der Waals surface area contributed by atoms with Crippen molar-refractivity contribution in [2.75, 3.05) is 39.6 Å². The molecule has 0 aliphatic rings. The Bertz CT molecular complexity index is 2510. The van der Waals surface area contributed by atoms with Gasteiger partial charge >= 0.3 is 39.5 Å². The maximum atomic E-state index is 13.1. The highest BCUT2D eigenvalue weighted by atomic mass is 31.2. The summed E-state index contributed by atoms with van der Waals surface area (Å²) >= 11 is 0. The molecule has 5 atom stereocenters. The van der Waals surface area contributed by atoms with Crippen LogP contribution >= 0.6 is 15.6 Å². The van der Waals surface area contributed by atoms with Gasteiger partial charge in [0.25, 0.3) is 0 Å². The van der Waals surface area contributed by atoms with Crippen LogP contribution in [-0.2, 0) is 65.4 Å². The summed E-state index contributed by atoms with van der Waals surface area (Å²) in [5, 5.41) is 10.6. The van der Waals surface area contributed by atoms with E-state index < -0.39 is 97.5 Å². The van der Waals surface area contributed by atoms with Gasteiger partial charge in [0.05, 0.1) is 26.4 Å². The molecule has 0 amide bonds. The number of carbonyl (C=O) groups excluding carboxylic acids is 4. The zero-order valence-corrected chi connectivity index (χ0v) is 65.3. The van der Waals surface area contributed by atoms with Gasteiger partial charge in [-0.25, -0.2) is 9.13 Å². The van der Waals surface area contributed by atoms with Gasteiger partial charge in [-0.1, -0.05) is 289 Å². The fourth-order valence-electron chi connectivity index (χ4n) is 9.92. The number of aliphatic hydroxyl groups excluding tert-OH is 1. The molecule has 0 saturated heterocycles. The third-order valence-electron chi connectivity index (χ3n) is 15.8. The van der Waals surface area contributed by atoms with Crippen molar-refractivity contribution in [1.29, 1.82) is 0 Å². The van der Waals surface area contributed by atoms with E-state index in [1.807, 2.05) is 18.2 Å². The first-order valence-electron chi connectivity index (χ1n) is 39.1. The average Bonchev–Trinajstić information content (AvgIpc) is 0.909. The number of esters is 4. The molecule has 0 bridgehead atoms. The van der Waals surface area contributed by atoms with E-state index in [4.69, 9.17) is 37.0 Å². The highest BCUT2D eigenvalue weighted by molar-refractivity contribution is 7.47. The molecule has 0 aromatic heterocycles. The van der Waals surface area contributed by atoms with Gasteiger partial charge in [-0.05, 0) is 128 Å². The minimum absolute atomic E-state index is 0.0292. The van der Waals surface area contributed by atoms with Crippen LogP contribution in [0.5, 0.6) is 0 Å². The number of unbranched alkanes of at least 4 members (excludes halogenated alkanes) is 22. The van der Waals surface area contributed by atoms with Crippen LogP contribution < -0.4 is 0 Å². The van der Waals surface area contributed by atoms with Crippen LogP contribution in [0.2, 0.25) is 0 Å². The van der Waals surface area contributed by atoms with E-state index in [0.717, 1.165) is 161 Å². The van der Waals surface area contributed by atoms with Crippen molar-refractivity contribution in [2.24, 2.45) is 0 Å². The van der Waals surface area contributed by atoms with Crippen molar-refractivity contribution in [1.82, 2.24) is 0 Å². The first-order valence-corrected chi connectivity index (χ1v) is 42.1. The molecule has 582 valence electrons. The monoisotopic (exact) mass is 1470 g/mol. The van der Waals surface area contributed by atoms with Gasteiger partial charge in [-0.3, -0.25) is 37.3 Å². The molecule has 0 aliphatic heterocycles. The van der Waals surface area contributed by atoms with Crippen molar-refractivity contribution in [2.45, 2.75) is 316 Å². The fraction of sp³-hybridized carbons (Fsp3) is 0.663. The van der Waals surface area contributed by atoms with Gasteiger partial charge in [0.15, 0.2) is 12.2 Å². The first kappa shape index (κ1) is 96.9. The predicted molar refractivity (Wildman–Crippen MR) is 417 cm³/mol. The number of phosphoric acid groups is 2. The molecule has 5 unspecified atom stereocenters. The lowest BCUT2D eigenvalue weighted by atomic mass is 10.0. The second kappa shape index (κ2) is 74.2. The number of hydrogen-bond acceptors (Lipinski definition) is 15. The quantitative estimate of drug-likeness (QED) is 0.0169. The van der Waals surface area contributed by atoms with Gasteiger partial charge in [0.2, 0.25) is 0 Å². The first-order chi connectivity index (χ1) is 49.7. The Hall–Kier alpha value is -5.06. The predicted octanol–water partition coefficient (Wildman–Crippen LogP) is 22.7. The molecule has 0 aromatic carbocycles. The largest absolute Gasteiger partial charge is 0.472 e. The summed E-state index contributed by atoms with van der Waals surface area (Å²) in [5.74, 6) is -2.32. The lowest BCUT2D eigenvalue weighted by Crippen LogP contribution is -2.30. The summed E-state index contributed by atoms with van der Waals surface area (Å²) in [5.41, 5.74) is 0. The van der Waals surface area contributed by atoms with E-state index in [1.54, 1.807) is 0 Å². The zero-order valence-electron chi connectivity index (χ0n) is 63.5. The van der Waals surface area contributed by atoms with E-state index in [2.05, 4.69) is 155 Å². The summed E-state index contributed by atoms with van der Waals surface area (Å²) in [6, 6.07) is 0. The van der Waals surface area contributed by atoms with Crippen LogP contribution in [0, 0.1) is 0 Å². The molecule has 0 rings (SSSR count). The topological polar surface area (TPSA) is 237 Å². The number of allylic oxidation sites excluding steroid dienone is 24. The van der Waals surface area contributed by atoms with Gasteiger partial charge in [-0.2, -0.15) is 0 Å². The Morgan fingerprint density at radius 3 is 0.882 bits per heavy atom. The summed E-state index contributed by atoms with van der Waals surface area (Å²) in [7, 11) is -9.99. The molecule has 0 heterocycles. The van der Waals surface area contributed by atoms with Crippen LogP contribution in [0.3, 0.4) is 0 Å². The summed E-state index contributed by atoms with van der Waals surface area (Å²) in [6.45, 7) is 4.45. The molecule has 0 spiro atoms. The Balaban J connectivity index is 5.43. The van der Waals surface area contributed by atoms with Gasteiger partial charge in [-0.15, -0.1) is 0 Å². The van der Waals surface area contributed by atoms with E-state index in [-0.39, 0.29) is 25.7 Å². The zero-order chi connectivity index (χ0) is 74.6. The lowest BCUT2D eigenvalue weighted by molar-refractivity contribution is -0.161. The molecular formula is C83H138O17P2. The SMILES string of the molecule is CC/C=C\C/C=C\C/C=C\C/C=C\C/C=C\C/C=C\CCC(=O)OCC(COP(=O)(O)OCC(O)COP(=O)(O)OCC(COC(=O)CCCCCC/C=C\C/C=C\C/C=C\C/C=C\CC)OC(=O)CCCCCCCCCCCCCCC)OC(=O)CCCCCCC/C=C\C/C=C\CCC. The summed E-state index contributed by atoms with van der Waals surface area (Å²) < 4.78 is 68.4. The molecule has 0 radical (unpaired) electrons. The number of aliphatic hydroxyl groups is 1. The maximum absolute atomic E-state index is 13.1.